The molecule has 0 aromatic heterocycles. The Bertz CT molecular complexity index is 1220. The molecule has 1 heterocycles. The summed E-state index contributed by atoms with van der Waals surface area (Å²) in [7, 11) is 0. The van der Waals surface area contributed by atoms with E-state index in [0.29, 0.717) is 35.1 Å². The normalized spacial score (nSPS) is 32.5. The SMILES string of the molecule is CC(O)c1ccc(C2CCC(CCC3CCC(C4CCC(c5ccc(C6CO6)c(F)c5F)CC4)CC3)CC2)c(F)c1F. The summed E-state index contributed by atoms with van der Waals surface area (Å²) in [5.74, 6) is 0.0912. The van der Waals surface area contributed by atoms with Gasteiger partial charge >= 0.3 is 0 Å². The quantitative estimate of drug-likeness (QED) is 0.247. The van der Waals surface area contributed by atoms with Crippen molar-refractivity contribution in [1.29, 1.82) is 0 Å². The summed E-state index contributed by atoms with van der Waals surface area (Å²) < 4.78 is 63.7. The molecule has 2 atom stereocenters. The van der Waals surface area contributed by atoms with Crippen LogP contribution in [0.4, 0.5) is 17.6 Å². The standard InChI is InChI=1S/C36H46F4O2/c1-21(41)28-16-17-29(34(38)33(28)37)26-10-6-23(7-11-26)3-2-22-4-8-24(9-5-22)25-12-14-27(15-13-25)30-18-19-31(32-20-42-32)36(40)35(30)39/h16-19,21-27,32,41H,2-15,20H2,1H3. The first-order valence-electron chi connectivity index (χ1n) is 16.5. The molecule has 3 saturated carbocycles. The molecule has 1 N–H and O–H groups in total. The van der Waals surface area contributed by atoms with E-state index in [2.05, 4.69) is 0 Å². The summed E-state index contributed by atoms with van der Waals surface area (Å²) in [4.78, 5) is 0. The number of ether oxygens (including phenoxy) is 1. The highest BCUT2D eigenvalue weighted by Crippen LogP contribution is 2.47. The van der Waals surface area contributed by atoms with Gasteiger partial charge in [0.1, 0.15) is 6.10 Å². The Morgan fingerprint density at radius 3 is 1.55 bits per heavy atom. The van der Waals surface area contributed by atoms with Gasteiger partial charge in [-0.15, -0.1) is 0 Å². The summed E-state index contributed by atoms with van der Waals surface area (Å²) in [6.45, 7) is 1.94. The fraction of sp³-hybridized carbons (Fsp3) is 0.667. The van der Waals surface area contributed by atoms with Crippen molar-refractivity contribution in [3.63, 3.8) is 0 Å². The third-order valence-electron chi connectivity index (χ3n) is 11.5. The average molecular weight is 587 g/mol. The first-order chi connectivity index (χ1) is 20.3. The molecule has 1 saturated heterocycles. The number of benzene rings is 2. The number of hydrogen-bond donors (Lipinski definition) is 1. The van der Waals surface area contributed by atoms with Gasteiger partial charge in [0, 0.05) is 11.1 Å². The molecular weight excluding hydrogens is 540 g/mol. The third kappa shape index (κ3) is 6.45. The summed E-state index contributed by atoms with van der Waals surface area (Å²) in [5.41, 5.74) is 1.42. The molecule has 2 aromatic rings. The van der Waals surface area contributed by atoms with Crippen LogP contribution in [-0.4, -0.2) is 11.7 Å². The summed E-state index contributed by atoms with van der Waals surface area (Å²) in [6.07, 6.45) is 14.5. The minimum Gasteiger partial charge on any atom is -0.389 e. The zero-order valence-electron chi connectivity index (χ0n) is 24.9. The average Bonchev–Trinajstić information content (AvgIpc) is 3.85. The molecule has 2 unspecified atom stereocenters. The molecule has 230 valence electrons. The lowest BCUT2D eigenvalue weighted by Gasteiger charge is -2.38. The molecule has 6 rings (SSSR count). The fourth-order valence-corrected chi connectivity index (χ4v) is 8.67. The van der Waals surface area contributed by atoms with E-state index in [4.69, 9.17) is 4.74 Å². The maximum atomic E-state index is 14.8. The van der Waals surface area contributed by atoms with Gasteiger partial charge in [-0.05, 0) is 118 Å². The Kier molecular flexibility index (Phi) is 9.31. The van der Waals surface area contributed by atoms with E-state index in [-0.39, 0.29) is 23.5 Å². The molecule has 4 aliphatic rings. The first-order valence-corrected chi connectivity index (χ1v) is 16.5. The zero-order valence-corrected chi connectivity index (χ0v) is 24.9. The number of hydrogen-bond acceptors (Lipinski definition) is 2. The van der Waals surface area contributed by atoms with Gasteiger partial charge < -0.3 is 9.84 Å². The van der Waals surface area contributed by atoms with Crippen molar-refractivity contribution in [2.45, 2.75) is 121 Å². The van der Waals surface area contributed by atoms with Crippen LogP contribution in [0, 0.1) is 46.9 Å². The van der Waals surface area contributed by atoms with Crippen molar-refractivity contribution >= 4 is 0 Å². The highest BCUT2D eigenvalue weighted by Gasteiger charge is 2.35. The van der Waals surface area contributed by atoms with Crippen LogP contribution in [0.5, 0.6) is 0 Å². The van der Waals surface area contributed by atoms with Crippen LogP contribution in [0.1, 0.15) is 143 Å². The summed E-state index contributed by atoms with van der Waals surface area (Å²) in [6, 6.07) is 6.74. The molecule has 0 radical (unpaired) electrons. The minimum absolute atomic E-state index is 0.0323. The smallest absolute Gasteiger partial charge is 0.165 e. The van der Waals surface area contributed by atoms with E-state index in [1.807, 2.05) is 0 Å². The van der Waals surface area contributed by atoms with Crippen LogP contribution in [0.15, 0.2) is 24.3 Å². The number of halogens is 4. The van der Waals surface area contributed by atoms with Gasteiger partial charge in [0.25, 0.3) is 0 Å². The van der Waals surface area contributed by atoms with Crippen molar-refractivity contribution in [2.75, 3.05) is 6.61 Å². The zero-order chi connectivity index (χ0) is 29.4. The summed E-state index contributed by atoms with van der Waals surface area (Å²) >= 11 is 0. The molecular formula is C36H46F4O2. The molecule has 2 aromatic carbocycles. The largest absolute Gasteiger partial charge is 0.389 e. The first kappa shape index (κ1) is 30.1. The third-order valence-corrected chi connectivity index (χ3v) is 11.5. The van der Waals surface area contributed by atoms with Gasteiger partial charge in [0.2, 0.25) is 0 Å². The molecule has 0 bridgehead atoms. The van der Waals surface area contributed by atoms with Gasteiger partial charge in [-0.1, -0.05) is 49.9 Å². The van der Waals surface area contributed by atoms with Crippen LogP contribution in [0.3, 0.4) is 0 Å². The maximum Gasteiger partial charge on any atom is 0.165 e. The Balaban J connectivity index is 0.909. The van der Waals surface area contributed by atoms with Crippen LogP contribution in [0.25, 0.3) is 0 Å². The molecule has 0 spiro atoms. The highest BCUT2D eigenvalue weighted by molar-refractivity contribution is 5.32. The summed E-state index contributed by atoms with van der Waals surface area (Å²) in [5, 5.41) is 9.67. The molecule has 2 nitrogen and oxygen atoms in total. The van der Waals surface area contributed by atoms with Crippen LogP contribution in [0.2, 0.25) is 0 Å². The number of epoxide rings is 1. The monoisotopic (exact) mass is 586 g/mol. The molecule has 42 heavy (non-hydrogen) atoms. The van der Waals surface area contributed by atoms with E-state index in [0.717, 1.165) is 63.2 Å². The Hall–Kier alpha value is -1.92. The minimum atomic E-state index is -1.01. The number of aliphatic hydroxyl groups excluding tert-OH is 1. The molecule has 6 heteroatoms. The second-order valence-electron chi connectivity index (χ2n) is 13.9. The molecule has 3 aliphatic carbocycles. The van der Waals surface area contributed by atoms with Crippen LogP contribution >= 0.6 is 0 Å². The van der Waals surface area contributed by atoms with Gasteiger partial charge in [0.15, 0.2) is 23.3 Å². The predicted octanol–water partition coefficient (Wildman–Crippen LogP) is 10.2. The van der Waals surface area contributed by atoms with Crippen molar-refractivity contribution in [3.8, 4) is 0 Å². The van der Waals surface area contributed by atoms with E-state index in [9.17, 15) is 22.7 Å². The van der Waals surface area contributed by atoms with Crippen molar-refractivity contribution in [3.05, 3.63) is 69.8 Å². The van der Waals surface area contributed by atoms with Gasteiger partial charge in [-0.3, -0.25) is 0 Å². The van der Waals surface area contributed by atoms with Gasteiger partial charge in [-0.25, -0.2) is 17.6 Å². The number of rotatable bonds is 8. The Morgan fingerprint density at radius 1 is 0.619 bits per heavy atom. The van der Waals surface area contributed by atoms with E-state index < -0.39 is 29.4 Å². The number of aliphatic hydroxyl groups is 1. The molecule has 4 fully saturated rings. The maximum absolute atomic E-state index is 14.8. The lowest BCUT2D eigenvalue weighted by atomic mass is 9.67. The van der Waals surface area contributed by atoms with E-state index >= 15 is 0 Å². The van der Waals surface area contributed by atoms with Crippen molar-refractivity contribution in [1.82, 2.24) is 0 Å². The predicted molar refractivity (Wildman–Crippen MR) is 156 cm³/mol. The Labute approximate surface area is 248 Å². The lowest BCUT2D eigenvalue weighted by molar-refractivity contribution is 0.150. The fourth-order valence-electron chi connectivity index (χ4n) is 8.67. The van der Waals surface area contributed by atoms with E-state index in [1.165, 1.54) is 51.5 Å². The molecule has 0 amide bonds. The molecule has 1 aliphatic heterocycles. The Morgan fingerprint density at radius 2 is 1.02 bits per heavy atom. The second-order valence-corrected chi connectivity index (χ2v) is 13.9. The van der Waals surface area contributed by atoms with Crippen LogP contribution in [-0.2, 0) is 4.74 Å². The highest BCUT2D eigenvalue weighted by atomic mass is 19.2. The van der Waals surface area contributed by atoms with Gasteiger partial charge in [-0.2, -0.15) is 0 Å². The lowest BCUT2D eigenvalue weighted by Crippen LogP contribution is -2.26. The van der Waals surface area contributed by atoms with Gasteiger partial charge in [0.05, 0.1) is 12.7 Å². The van der Waals surface area contributed by atoms with E-state index in [1.54, 1.807) is 18.2 Å². The van der Waals surface area contributed by atoms with Crippen molar-refractivity contribution in [2.24, 2.45) is 23.7 Å². The van der Waals surface area contributed by atoms with Crippen LogP contribution < -0.4 is 0 Å². The topological polar surface area (TPSA) is 32.8 Å². The van der Waals surface area contributed by atoms with Crippen molar-refractivity contribution < 1.29 is 27.4 Å². The second kappa shape index (κ2) is 13.0.